The van der Waals surface area contributed by atoms with Crippen LogP contribution in [0.1, 0.15) is 58.5 Å². The lowest BCUT2D eigenvalue weighted by atomic mass is 9.78. The van der Waals surface area contributed by atoms with Gasteiger partial charge in [-0.25, -0.2) is 0 Å². The monoisotopic (exact) mass is 221 g/mol. The first-order valence-electron chi connectivity index (χ1n) is 5.78. The molecule has 2 heteroatoms. The minimum Gasteiger partial charge on any atom is -0.362 e. The number of H-pyrrole nitrogens is 1. The topological polar surface area (TPSA) is 32.9 Å². The zero-order valence-electron chi connectivity index (χ0n) is 11.5. The fourth-order valence-electron chi connectivity index (χ4n) is 1.99. The van der Waals surface area contributed by atoms with Crippen LogP contribution in [0.25, 0.3) is 0 Å². The number of nitrogens with one attached hydrogen (secondary N) is 1. The number of hydrogen-bond acceptors (Lipinski definition) is 1. The molecule has 1 aromatic rings. The minimum atomic E-state index is -0.121. The minimum absolute atomic E-state index is 0.0339. The Hall–Kier alpha value is -1.05. The van der Waals surface area contributed by atoms with Crippen LogP contribution in [-0.2, 0) is 10.8 Å². The van der Waals surface area contributed by atoms with E-state index in [1.807, 2.05) is 6.92 Å². The van der Waals surface area contributed by atoms with Crippen molar-refractivity contribution < 1.29 is 0 Å². The molecule has 0 aromatic carbocycles. The smallest absolute Gasteiger partial charge is 0.185 e. The lowest BCUT2D eigenvalue weighted by Crippen LogP contribution is -2.31. The molecule has 0 saturated heterocycles. The largest absolute Gasteiger partial charge is 0.362 e. The number of aromatic amines is 1. The average molecular weight is 221 g/mol. The Morgan fingerprint density at radius 1 is 1.00 bits per heavy atom. The van der Waals surface area contributed by atoms with Crippen molar-refractivity contribution in [3.05, 3.63) is 33.2 Å². The van der Waals surface area contributed by atoms with Gasteiger partial charge >= 0.3 is 0 Å². The molecule has 0 fully saturated rings. The second-order valence-corrected chi connectivity index (χ2v) is 6.57. The van der Waals surface area contributed by atoms with Crippen LogP contribution in [0.2, 0.25) is 0 Å². The summed E-state index contributed by atoms with van der Waals surface area (Å²) in [4.78, 5) is 15.5. The van der Waals surface area contributed by atoms with E-state index in [9.17, 15) is 4.79 Å². The average Bonchev–Trinajstić information content (AvgIpc) is 1.97. The van der Waals surface area contributed by atoms with Crippen molar-refractivity contribution in [2.75, 3.05) is 0 Å². The summed E-state index contributed by atoms with van der Waals surface area (Å²) in [6.07, 6.45) is 0. The Bertz CT molecular complexity index is 441. The zero-order chi connectivity index (χ0) is 12.7. The maximum atomic E-state index is 12.1. The molecule has 1 N–H and O–H groups in total. The summed E-state index contributed by atoms with van der Waals surface area (Å²) in [6.45, 7) is 14.6. The zero-order valence-corrected chi connectivity index (χ0v) is 11.5. The second-order valence-electron chi connectivity index (χ2n) is 6.57. The van der Waals surface area contributed by atoms with Crippen LogP contribution in [0.15, 0.2) is 10.9 Å². The fraction of sp³-hybridized carbons (Fsp3) is 0.643. The molecule has 0 bridgehead atoms. The van der Waals surface area contributed by atoms with E-state index in [1.54, 1.807) is 6.07 Å². The fourth-order valence-corrected chi connectivity index (χ4v) is 1.99. The highest BCUT2D eigenvalue weighted by atomic mass is 16.1. The van der Waals surface area contributed by atoms with E-state index in [4.69, 9.17) is 0 Å². The first kappa shape index (κ1) is 13.0. The molecule has 0 atom stereocenters. The first-order chi connectivity index (χ1) is 7.03. The van der Waals surface area contributed by atoms with Crippen LogP contribution < -0.4 is 5.43 Å². The predicted molar refractivity (Wildman–Crippen MR) is 69.2 cm³/mol. The molecule has 0 radical (unpaired) electrons. The summed E-state index contributed by atoms with van der Waals surface area (Å²) in [5.74, 6) is 0. The summed E-state index contributed by atoms with van der Waals surface area (Å²) in [7, 11) is 0. The van der Waals surface area contributed by atoms with Crippen LogP contribution >= 0.6 is 0 Å². The molecule has 0 spiro atoms. The molecule has 1 aromatic heterocycles. The molecule has 0 unspecified atom stereocenters. The summed E-state index contributed by atoms with van der Waals surface area (Å²) in [5.41, 5.74) is 2.89. The Balaban J connectivity index is 3.65. The lowest BCUT2D eigenvalue weighted by molar-refractivity contribution is 0.509. The first-order valence-corrected chi connectivity index (χ1v) is 5.78. The van der Waals surface area contributed by atoms with E-state index in [1.165, 1.54) is 0 Å². The molecule has 1 rings (SSSR count). The maximum absolute atomic E-state index is 12.1. The molecule has 1 heterocycles. The number of aromatic nitrogens is 1. The van der Waals surface area contributed by atoms with E-state index in [-0.39, 0.29) is 16.3 Å². The highest BCUT2D eigenvalue weighted by Gasteiger charge is 2.28. The van der Waals surface area contributed by atoms with Crippen molar-refractivity contribution in [2.24, 2.45) is 0 Å². The number of aryl methyl sites for hydroxylation is 1. The van der Waals surface area contributed by atoms with E-state index in [2.05, 4.69) is 46.5 Å². The molecule has 0 amide bonds. The van der Waals surface area contributed by atoms with Gasteiger partial charge in [-0.1, -0.05) is 41.5 Å². The molecule has 0 aliphatic rings. The van der Waals surface area contributed by atoms with Crippen LogP contribution in [0.3, 0.4) is 0 Å². The van der Waals surface area contributed by atoms with Crippen molar-refractivity contribution in [3.8, 4) is 0 Å². The Morgan fingerprint density at radius 2 is 1.50 bits per heavy atom. The van der Waals surface area contributed by atoms with Crippen molar-refractivity contribution >= 4 is 0 Å². The normalized spacial score (nSPS) is 12.9. The van der Waals surface area contributed by atoms with E-state index >= 15 is 0 Å². The third kappa shape index (κ3) is 2.55. The molecular weight excluding hydrogens is 198 g/mol. The number of pyridine rings is 1. The van der Waals surface area contributed by atoms with Gasteiger partial charge in [-0.15, -0.1) is 0 Å². The molecule has 0 saturated carbocycles. The van der Waals surface area contributed by atoms with Crippen LogP contribution in [0, 0.1) is 6.92 Å². The van der Waals surface area contributed by atoms with E-state index in [0.29, 0.717) is 0 Å². The van der Waals surface area contributed by atoms with Gasteiger partial charge in [-0.3, -0.25) is 4.79 Å². The van der Waals surface area contributed by atoms with Gasteiger partial charge in [0.2, 0.25) is 0 Å². The highest BCUT2D eigenvalue weighted by Crippen LogP contribution is 2.30. The standard InChI is InChI=1S/C14H23NO/c1-9-8-10(16)11(13(2,3)4)12(15-9)14(5,6)7/h8H,1-7H3,(H,15,16). The summed E-state index contributed by atoms with van der Waals surface area (Å²) >= 11 is 0. The number of rotatable bonds is 0. The third-order valence-electron chi connectivity index (χ3n) is 2.67. The number of hydrogen-bond donors (Lipinski definition) is 1. The summed E-state index contributed by atoms with van der Waals surface area (Å²) in [6, 6.07) is 1.69. The van der Waals surface area contributed by atoms with Gasteiger partial charge < -0.3 is 4.98 Å². The van der Waals surface area contributed by atoms with Gasteiger partial charge in [0, 0.05) is 28.4 Å². The lowest BCUT2D eigenvalue weighted by Gasteiger charge is -2.29. The maximum Gasteiger partial charge on any atom is 0.185 e. The van der Waals surface area contributed by atoms with Gasteiger partial charge in [0.1, 0.15) is 0 Å². The molecule has 16 heavy (non-hydrogen) atoms. The van der Waals surface area contributed by atoms with Gasteiger partial charge in [-0.2, -0.15) is 0 Å². The second kappa shape index (κ2) is 3.76. The van der Waals surface area contributed by atoms with Gasteiger partial charge in [0.05, 0.1) is 0 Å². The Labute approximate surface area is 98.1 Å². The van der Waals surface area contributed by atoms with E-state index in [0.717, 1.165) is 17.0 Å². The molecule has 0 aliphatic heterocycles. The molecule has 90 valence electrons. The summed E-state index contributed by atoms with van der Waals surface area (Å²) in [5, 5.41) is 0. The van der Waals surface area contributed by atoms with Gasteiger partial charge in [0.25, 0.3) is 0 Å². The Kier molecular flexibility index (Phi) is 3.06. The predicted octanol–water partition coefficient (Wildman–Crippen LogP) is 3.28. The SMILES string of the molecule is Cc1cc(=O)c(C(C)(C)C)c(C(C)(C)C)[nH]1. The van der Waals surface area contributed by atoms with Crippen LogP contribution in [0.4, 0.5) is 0 Å². The van der Waals surface area contributed by atoms with Crippen molar-refractivity contribution in [2.45, 2.75) is 59.3 Å². The molecule has 0 aliphatic carbocycles. The van der Waals surface area contributed by atoms with Crippen molar-refractivity contribution in [1.82, 2.24) is 4.98 Å². The summed E-state index contributed by atoms with van der Waals surface area (Å²) < 4.78 is 0. The Morgan fingerprint density at radius 3 is 1.88 bits per heavy atom. The van der Waals surface area contributed by atoms with Gasteiger partial charge in [-0.05, 0) is 12.3 Å². The third-order valence-corrected chi connectivity index (χ3v) is 2.67. The quantitative estimate of drug-likeness (QED) is 0.716. The van der Waals surface area contributed by atoms with Crippen molar-refractivity contribution in [1.29, 1.82) is 0 Å². The molecular formula is C14H23NO. The van der Waals surface area contributed by atoms with Crippen LogP contribution in [-0.4, -0.2) is 4.98 Å². The van der Waals surface area contributed by atoms with Crippen molar-refractivity contribution in [3.63, 3.8) is 0 Å². The van der Waals surface area contributed by atoms with Gasteiger partial charge in [0.15, 0.2) is 5.43 Å². The van der Waals surface area contributed by atoms with Crippen LogP contribution in [0.5, 0.6) is 0 Å². The van der Waals surface area contributed by atoms with E-state index < -0.39 is 0 Å². The highest BCUT2D eigenvalue weighted by molar-refractivity contribution is 5.33. The molecule has 2 nitrogen and oxygen atoms in total.